The number of aryl methyl sites for hydroxylation is 2. The molecular formula is C21H26N4O3S. The van der Waals surface area contributed by atoms with E-state index >= 15 is 0 Å². The summed E-state index contributed by atoms with van der Waals surface area (Å²) in [6, 6.07) is 10.1. The Morgan fingerprint density at radius 2 is 2.03 bits per heavy atom. The number of rotatable bonds is 6. The first-order chi connectivity index (χ1) is 14.1. The van der Waals surface area contributed by atoms with Crippen molar-refractivity contribution in [1.29, 1.82) is 0 Å². The highest BCUT2D eigenvalue weighted by atomic mass is 32.1. The molecule has 1 aromatic carbocycles. The van der Waals surface area contributed by atoms with Crippen molar-refractivity contribution in [2.24, 2.45) is 7.05 Å². The molecule has 7 nitrogen and oxygen atoms in total. The number of hydrogen-bond donors (Lipinski definition) is 1. The minimum absolute atomic E-state index is 0.0441. The largest absolute Gasteiger partial charge is 0.497 e. The average Bonchev–Trinajstić information content (AvgIpc) is 3.31. The number of carbonyl (C=O) groups excluding carboxylic acids is 1. The second kappa shape index (κ2) is 8.52. The Morgan fingerprint density at radius 3 is 2.69 bits per heavy atom. The minimum Gasteiger partial charge on any atom is -0.497 e. The van der Waals surface area contributed by atoms with Crippen LogP contribution >= 0.6 is 11.3 Å². The van der Waals surface area contributed by atoms with E-state index in [2.05, 4.69) is 27.4 Å². The zero-order valence-electron chi connectivity index (χ0n) is 17.0. The van der Waals surface area contributed by atoms with E-state index in [1.165, 1.54) is 11.3 Å². The molecule has 1 saturated heterocycles. The Labute approximate surface area is 174 Å². The van der Waals surface area contributed by atoms with Gasteiger partial charge in [-0.05, 0) is 30.7 Å². The number of nitrogens with one attached hydrogen (secondary N) is 1. The number of methoxy groups -OCH3 is 1. The number of benzene rings is 1. The van der Waals surface area contributed by atoms with Gasteiger partial charge in [-0.15, -0.1) is 11.3 Å². The van der Waals surface area contributed by atoms with Crippen LogP contribution in [0.1, 0.15) is 27.0 Å². The zero-order chi connectivity index (χ0) is 20.4. The highest BCUT2D eigenvalue weighted by Gasteiger charge is 2.24. The van der Waals surface area contributed by atoms with Gasteiger partial charge in [0.15, 0.2) is 0 Å². The first kappa shape index (κ1) is 19.9. The standard InChI is InChI=1S/C21H26N4O3S/c1-14-17-12-19(29-21(17)24(2)23-14)20(26)22-13-18(25-8-10-28-11-9-25)15-4-6-16(27-3)7-5-15/h4-7,12,18H,8-11,13H2,1-3H3,(H,22,26). The van der Waals surface area contributed by atoms with Crippen LogP contribution in [0.5, 0.6) is 5.75 Å². The first-order valence-corrected chi connectivity index (χ1v) is 10.6. The molecule has 3 heterocycles. The van der Waals surface area contributed by atoms with Crippen LogP contribution in [0.15, 0.2) is 30.3 Å². The number of fused-ring (bicyclic) bond motifs is 1. The van der Waals surface area contributed by atoms with E-state index in [0.29, 0.717) is 24.6 Å². The molecular weight excluding hydrogens is 388 g/mol. The van der Waals surface area contributed by atoms with E-state index in [1.807, 2.05) is 36.9 Å². The molecule has 3 aromatic rings. The van der Waals surface area contributed by atoms with Gasteiger partial charge in [0, 0.05) is 32.1 Å². The summed E-state index contributed by atoms with van der Waals surface area (Å²) in [6.45, 7) is 5.62. The Balaban J connectivity index is 1.51. The summed E-state index contributed by atoms with van der Waals surface area (Å²) >= 11 is 1.48. The Hall–Kier alpha value is -2.42. The van der Waals surface area contributed by atoms with E-state index in [4.69, 9.17) is 9.47 Å². The molecule has 29 heavy (non-hydrogen) atoms. The predicted octanol–water partition coefficient (Wildman–Crippen LogP) is 2.76. The summed E-state index contributed by atoms with van der Waals surface area (Å²) in [6.07, 6.45) is 0. The maximum absolute atomic E-state index is 12.9. The zero-order valence-corrected chi connectivity index (χ0v) is 17.8. The summed E-state index contributed by atoms with van der Waals surface area (Å²) in [4.78, 5) is 17.0. The highest BCUT2D eigenvalue weighted by Crippen LogP contribution is 2.28. The van der Waals surface area contributed by atoms with Crippen molar-refractivity contribution >= 4 is 27.5 Å². The smallest absolute Gasteiger partial charge is 0.261 e. The van der Waals surface area contributed by atoms with Crippen molar-refractivity contribution < 1.29 is 14.3 Å². The molecule has 0 bridgehead atoms. The average molecular weight is 415 g/mol. The van der Waals surface area contributed by atoms with Crippen molar-refractivity contribution in [2.45, 2.75) is 13.0 Å². The highest BCUT2D eigenvalue weighted by molar-refractivity contribution is 7.20. The second-order valence-electron chi connectivity index (χ2n) is 7.19. The van der Waals surface area contributed by atoms with Gasteiger partial charge in [0.25, 0.3) is 5.91 Å². The molecule has 4 rings (SSSR count). The predicted molar refractivity (Wildman–Crippen MR) is 114 cm³/mol. The number of amides is 1. The number of hydrogen-bond acceptors (Lipinski definition) is 6. The van der Waals surface area contributed by atoms with E-state index < -0.39 is 0 Å². The van der Waals surface area contributed by atoms with E-state index in [9.17, 15) is 4.79 Å². The number of morpholine rings is 1. The van der Waals surface area contributed by atoms with E-state index in [-0.39, 0.29) is 11.9 Å². The fourth-order valence-corrected chi connectivity index (χ4v) is 4.81. The van der Waals surface area contributed by atoms with Crippen LogP contribution in [-0.2, 0) is 11.8 Å². The van der Waals surface area contributed by atoms with Crippen molar-refractivity contribution in [3.8, 4) is 5.75 Å². The van der Waals surface area contributed by atoms with Gasteiger partial charge in [-0.2, -0.15) is 5.10 Å². The molecule has 1 fully saturated rings. The van der Waals surface area contributed by atoms with Gasteiger partial charge < -0.3 is 14.8 Å². The number of carbonyl (C=O) groups is 1. The third-order valence-electron chi connectivity index (χ3n) is 5.36. The van der Waals surface area contributed by atoms with Crippen LogP contribution in [0.3, 0.4) is 0 Å². The number of thiophene rings is 1. The third kappa shape index (κ3) is 4.14. The molecule has 1 aliphatic rings. The summed E-state index contributed by atoms with van der Waals surface area (Å²) < 4.78 is 12.6. The fraction of sp³-hybridized carbons (Fsp3) is 0.429. The van der Waals surface area contributed by atoms with Crippen LogP contribution in [0.25, 0.3) is 10.2 Å². The van der Waals surface area contributed by atoms with E-state index in [1.54, 1.807) is 7.11 Å². The summed E-state index contributed by atoms with van der Waals surface area (Å²) in [5, 5.41) is 8.59. The molecule has 1 aliphatic heterocycles. The van der Waals surface area contributed by atoms with Crippen molar-refractivity contribution in [3.05, 3.63) is 46.5 Å². The van der Waals surface area contributed by atoms with Gasteiger partial charge in [-0.25, -0.2) is 0 Å². The Bertz CT molecular complexity index is 955. The van der Waals surface area contributed by atoms with E-state index in [0.717, 1.165) is 40.3 Å². The van der Waals surface area contributed by atoms with Crippen LogP contribution in [0.4, 0.5) is 0 Å². The Kier molecular flexibility index (Phi) is 5.84. The monoisotopic (exact) mass is 414 g/mol. The van der Waals surface area contributed by atoms with Gasteiger partial charge >= 0.3 is 0 Å². The van der Waals surface area contributed by atoms with Crippen LogP contribution < -0.4 is 10.1 Å². The quantitative estimate of drug-likeness (QED) is 0.672. The fourth-order valence-electron chi connectivity index (χ4n) is 3.77. The van der Waals surface area contributed by atoms with Crippen molar-refractivity contribution in [1.82, 2.24) is 20.0 Å². The molecule has 8 heteroatoms. The molecule has 2 aromatic heterocycles. The summed E-state index contributed by atoms with van der Waals surface area (Å²) in [5.74, 6) is 0.783. The normalized spacial score (nSPS) is 16.1. The van der Waals surface area contributed by atoms with Gasteiger partial charge in [-0.1, -0.05) is 12.1 Å². The lowest BCUT2D eigenvalue weighted by Crippen LogP contribution is -2.43. The molecule has 154 valence electrons. The molecule has 1 unspecified atom stereocenters. The van der Waals surface area contributed by atoms with Gasteiger partial charge in [-0.3, -0.25) is 14.4 Å². The molecule has 0 saturated carbocycles. The summed E-state index contributed by atoms with van der Waals surface area (Å²) in [7, 11) is 3.57. The van der Waals surface area contributed by atoms with Crippen LogP contribution in [-0.4, -0.2) is 60.5 Å². The van der Waals surface area contributed by atoms with Crippen LogP contribution in [0, 0.1) is 6.92 Å². The first-order valence-electron chi connectivity index (χ1n) is 9.74. The molecule has 0 aliphatic carbocycles. The Morgan fingerprint density at radius 1 is 1.31 bits per heavy atom. The molecule has 1 amide bonds. The number of ether oxygens (including phenoxy) is 2. The minimum atomic E-state index is -0.0441. The summed E-state index contributed by atoms with van der Waals surface area (Å²) in [5.41, 5.74) is 2.10. The van der Waals surface area contributed by atoms with Gasteiger partial charge in [0.05, 0.1) is 36.9 Å². The van der Waals surface area contributed by atoms with Crippen molar-refractivity contribution in [3.63, 3.8) is 0 Å². The lowest BCUT2D eigenvalue weighted by Gasteiger charge is -2.35. The molecule has 1 atom stereocenters. The number of aromatic nitrogens is 2. The SMILES string of the molecule is COc1ccc(C(CNC(=O)c2cc3c(C)nn(C)c3s2)N2CCOCC2)cc1. The third-order valence-corrected chi connectivity index (χ3v) is 6.56. The molecule has 0 radical (unpaired) electrons. The lowest BCUT2D eigenvalue weighted by atomic mass is 10.0. The second-order valence-corrected chi connectivity index (χ2v) is 8.22. The molecule has 0 spiro atoms. The maximum Gasteiger partial charge on any atom is 0.261 e. The number of nitrogens with zero attached hydrogens (tertiary/aromatic N) is 3. The lowest BCUT2D eigenvalue weighted by molar-refractivity contribution is 0.0162. The maximum atomic E-state index is 12.9. The van der Waals surface area contributed by atoms with Crippen molar-refractivity contribution in [2.75, 3.05) is 40.0 Å². The topological polar surface area (TPSA) is 68.6 Å². The van der Waals surface area contributed by atoms with Gasteiger partial charge in [0.2, 0.25) is 0 Å². The van der Waals surface area contributed by atoms with Gasteiger partial charge in [0.1, 0.15) is 10.6 Å². The molecule has 1 N–H and O–H groups in total. The van der Waals surface area contributed by atoms with Crippen LogP contribution in [0.2, 0.25) is 0 Å².